The summed E-state index contributed by atoms with van der Waals surface area (Å²) in [6, 6.07) is -0.0534. The minimum Gasteiger partial charge on any atom is -0.381 e. The zero-order valence-electron chi connectivity index (χ0n) is 12.0. The van der Waals surface area contributed by atoms with Gasteiger partial charge in [-0.25, -0.2) is 0 Å². The smallest absolute Gasteiger partial charge is 0.381 e. The average molecular weight is 282 g/mol. The molecular formula is C13H25F3N2O. The lowest BCUT2D eigenvalue weighted by atomic mass is 9.98. The second kappa shape index (κ2) is 7.45. The first-order valence-corrected chi connectivity index (χ1v) is 6.95. The van der Waals surface area contributed by atoms with Crippen molar-refractivity contribution in [1.82, 2.24) is 10.2 Å². The summed E-state index contributed by atoms with van der Waals surface area (Å²) in [6.45, 7) is 7.29. The molecule has 2 atom stereocenters. The lowest BCUT2D eigenvalue weighted by Crippen LogP contribution is -2.50. The summed E-state index contributed by atoms with van der Waals surface area (Å²) in [5.41, 5.74) is 0. The van der Waals surface area contributed by atoms with E-state index in [2.05, 4.69) is 5.32 Å². The quantitative estimate of drug-likeness (QED) is 0.775. The minimum absolute atomic E-state index is 0.0669. The zero-order valence-corrected chi connectivity index (χ0v) is 12.0. The fourth-order valence-electron chi connectivity index (χ4n) is 2.45. The van der Waals surface area contributed by atoms with Gasteiger partial charge in [-0.3, -0.25) is 4.90 Å². The molecule has 1 rings (SSSR count). The van der Waals surface area contributed by atoms with Crippen molar-refractivity contribution in [2.75, 3.05) is 32.8 Å². The molecule has 0 aromatic carbocycles. The van der Waals surface area contributed by atoms with Crippen molar-refractivity contribution < 1.29 is 17.9 Å². The van der Waals surface area contributed by atoms with Crippen molar-refractivity contribution in [3.05, 3.63) is 0 Å². The van der Waals surface area contributed by atoms with Gasteiger partial charge in [-0.2, -0.15) is 13.2 Å². The fraction of sp³-hybridized carbons (Fsp3) is 1.00. The largest absolute Gasteiger partial charge is 0.401 e. The van der Waals surface area contributed by atoms with E-state index in [-0.39, 0.29) is 12.1 Å². The predicted octanol–water partition coefficient (Wildman–Crippen LogP) is 2.27. The highest BCUT2D eigenvalue weighted by atomic mass is 19.4. The highest BCUT2D eigenvalue weighted by Crippen LogP contribution is 2.22. The number of rotatable bonds is 7. The number of halogens is 3. The van der Waals surface area contributed by atoms with Crippen molar-refractivity contribution in [2.24, 2.45) is 5.92 Å². The van der Waals surface area contributed by atoms with Crippen molar-refractivity contribution in [2.45, 2.75) is 45.5 Å². The number of alkyl halides is 3. The van der Waals surface area contributed by atoms with Crippen LogP contribution in [0, 0.1) is 5.92 Å². The number of ether oxygens (including phenoxy) is 1. The minimum atomic E-state index is -4.15. The second-order valence-electron chi connectivity index (χ2n) is 5.43. The van der Waals surface area contributed by atoms with E-state index in [0.29, 0.717) is 25.7 Å². The van der Waals surface area contributed by atoms with Gasteiger partial charge in [-0.05, 0) is 26.8 Å². The van der Waals surface area contributed by atoms with E-state index in [4.69, 9.17) is 4.74 Å². The van der Waals surface area contributed by atoms with Crippen LogP contribution < -0.4 is 5.32 Å². The van der Waals surface area contributed by atoms with E-state index >= 15 is 0 Å². The van der Waals surface area contributed by atoms with Crippen LogP contribution in [0.1, 0.15) is 27.2 Å². The van der Waals surface area contributed by atoms with Gasteiger partial charge < -0.3 is 10.1 Å². The first-order valence-electron chi connectivity index (χ1n) is 6.95. The maximum absolute atomic E-state index is 12.6. The SMILES string of the molecule is CCNC(CN(CC(F)(F)F)C(C)C)C1CCOC1. The van der Waals surface area contributed by atoms with E-state index in [9.17, 15) is 13.2 Å². The van der Waals surface area contributed by atoms with Gasteiger partial charge in [0.2, 0.25) is 0 Å². The molecule has 1 heterocycles. The molecule has 0 aliphatic carbocycles. The molecule has 1 fully saturated rings. The van der Waals surface area contributed by atoms with Gasteiger partial charge in [0.25, 0.3) is 0 Å². The number of nitrogens with one attached hydrogen (secondary N) is 1. The molecule has 0 spiro atoms. The Morgan fingerprint density at radius 1 is 1.37 bits per heavy atom. The third-order valence-corrected chi connectivity index (χ3v) is 3.54. The van der Waals surface area contributed by atoms with E-state index < -0.39 is 12.7 Å². The Morgan fingerprint density at radius 3 is 2.47 bits per heavy atom. The molecule has 0 aromatic rings. The standard InChI is InChI=1S/C13H25F3N2O/c1-4-17-12(11-5-6-19-8-11)7-18(10(2)3)9-13(14,15)16/h10-12,17H,4-9H2,1-3H3. The molecule has 0 saturated carbocycles. The predicted molar refractivity (Wildman–Crippen MR) is 69.2 cm³/mol. The third kappa shape index (κ3) is 6.10. The summed E-state index contributed by atoms with van der Waals surface area (Å²) in [7, 11) is 0. The molecule has 1 saturated heterocycles. The Kier molecular flexibility index (Phi) is 6.56. The van der Waals surface area contributed by atoms with Crippen LogP contribution >= 0.6 is 0 Å². The highest BCUT2D eigenvalue weighted by Gasteiger charge is 2.34. The summed E-state index contributed by atoms with van der Waals surface area (Å²) in [6.07, 6.45) is -3.22. The zero-order chi connectivity index (χ0) is 14.5. The van der Waals surface area contributed by atoms with Gasteiger partial charge >= 0.3 is 6.18 Å². The third-order valence-electron chi connectivity index (χ3n) is 3.54. The molecule has 19 heavy (non-hydrogen) atoms. The second-order valence-corrected chi connectivity index (χ2v) is 5.43. The lowest BCUT2D eigenvalue weighted by molar-refractivity contribution is -0.150. The molecule has 1 aliphatic heterocycles. The van der Waals surface area contributed by atoms with Crippen LogP contribution in [-0.4, -0.2) is 56.0 Å². The topological polar surface area (TPSA) is 24.5 Å². The lowest BCUT2D eigenvalue weighted by Gasteiger charge is -2.33. The van der Waals surface area contributed by atoms with Gasteiger partial charge in [-0.15, -0.1) is 0 Å². The van der Waals surface area contributed by atoms with Gasteiger partial charge in [0.1, 0.15) is 0 Å². The van der Waals surface area contributed by atoms with Crippen molar-refractivity contribution in [1.29, 1.82) is 0 Å². The first-order chi connectivity index (χ1) is 8.83. The first kappa shape index (κ1) is 16.7. The molecule has 6 heteroatoms. The number of hydrogen-bond donors (Lipinski definition) is 1. The van der Waals surface area contributed by atoms with Crippen LogP contribution in [0.3, 0.4) is 0 Å². The Morgan fingerprint density at radius 2 is 2.05 bits per heavy atom. The van der Waals surface area contributed by atoms with Crippen molar-refractivity contribution >= 4 is 0 Å². The van der Waals surface area contributed by atoms with Crippen LogP contribution in [-0.2, 0) is 4.74 Å². The van der Waals surface area contributed by atoms with E-state index in [0.717, 1.165) is 13.0 Å². The van der Waals surface area contributed by atoms with Crippen molar-refractivity contribution in [3.63, 3.8) is 0 Å². The van der Waals surface area contributed by atoms with Crippen LogP contribution in [0.2, 0.25) is 0 Å². The van der Waals surface area contributed by atoms with Crippen molar-refractivity contribution in [3.8, 4) is 0 Å². The molecule has 0 radical (unpaired) electrons. The molecule has 3 nitrogen and oxygen atoms in total. The summed E-state index contributed by atoms with van der Waals surface area (Å²) in [5.74, 6) is 0.314. The van der Waals surface area contributed by atoms with E-state index in [1.165, 1.54) is 4.90 Å². The van der Waals surface area contributed by atoms with E-state index in [1.54, 1.807) is 13.8 Å². The van der Waals surface area contributed by atoms with Gasteiger partial charge in [0, 0.05) is 31.2 Å². The Bertz CT molecular complexity index is 253. The molecule has 0 amide bonds. The summed E-state index contributed by atoms with van der Waals surface area (Å²) in [4.78, 5) is 1.49. The Labute approximate surface area is 113 Å². The normalized spacial score (nSPS) is 22.4. The van der Waals surface area contributed by atoms with Gasteiger partial charge in [-0.1, -0.05) is 6.92 Å². The molecule has 2 unspecified atom stereocenters. The summed E-state index contributed by atoms with van der Waals surface area (Å²) in [5, 5.41) is 3.31. The Hall–Kier alpha value is -0.330. The van der Waals surface area contributed by atoms with Gasteiger partial charge in [0.15, 0.2) is 0 Å². The van der Waals surface area contributed by atoms with Gasteiger partial charge in [0.05, 0.1) is 13.2 Å². The highest BCUT2D eigenvalue weighted by molar-refractivity contribution is 4.83. The fourth-order valence-corrected chi connectivity index (χ4v) is 2.45. The number of nitrogens with zero attached hydrogens (tertiary/aromatic N) is 1. The van der Waals surface area contributed by atoms with Crippen LogP contribution in [0.4, 0.5) is 13.2 Å². The molecule has 0 bridgehead atoms. The molecule has 0 aromatic heterocycles. The maximum atomic E-state index is 12.6. The Balaban J connectivity index is 2.61. The number of likely N-dealkylation sites (N-methyl/N-ethyl adjacent to an activating group) is 1. The van der Waals surface area contributed by atoms with E-state index in [1.807, 2.05) is 6.92 Å². The summed E-state index contributed by atoms with van der Waals surface area (Å²) >= 11 is 0. The molecule has 114 valence electrons. The monoisotopic (exact) mass is 282 g/mol. The molecular weight excluding hydrogens is 257 g/mol. The molecule has 1 aliphatic rings. The molecule has 1 N–H and O–H groups in total. The maximum Gasteiger partial charge on any atom is 0.401 e. The van der Waals surface area contributed by atoms with Crippen LogP contribution in [0.15, 0.2) is 0 Å². The van der Waals surface area contributed by atoms with Crippen LogP contribution in [0.25, 0.3) is 0 Å². The van der Waals surface area contributed by atoms with Crippen LogP contribution in [0.5, 0.6) is 0 Å². The number of hydrogen-bond acceptors (Lipinski definition) is 3. The summed E-state index contributed by atoms with van der Waals surface area (Å²) < 4.78 is 43.1. The average Bonchev–Trinajstić information content (AvgIpc) is 2.78.